The van der Waals surface area contributed by atoms with Gasteiger partial charge in [0.25, 0.3) is 0 Å². The van der Waals surface area contributed by atoms with Gasteiger partial charge in [-0.25, -0.2) is 13.1 Å². The molecule has 0 amide bonds. The monoisotopic (exact) mass is 320 g/mol. The maximum Gasteiger partial charge on any atom is 0.320 e. The van der Waals surface area contributed by atoms with E-state index in [0.717, 1.165) is 24.6 Å². The molecule has 3 fully saturated rings. The Morgan fingerprint density at radius 2 is 2.05 bits per heavy atom. The van der Waals surface area contributed by atoms with Crippen LogP contribution < -0.4 is 4.72 Å². The number of sulfonamides is 1. The highest BCUT2D eigenvalue weighted by Crippen LogP contribution is 2.32. The lowest BCUT2D eigenvalue weighted by Crippen LogP contribution is -2.43. The fourth-order valence-corrected chi connectivity index (χ4v) is 5.85. The van der Waals surface area contributed by atoms with Gasteiger partial charge in [-0.2, -0.15) is 11.8 Å². The first kappa shape index (κ1) is 14.6. The molecule has 0 aromatic rings. The van der Waals surface area contributed by atoms with Crippen molar-refractivity contribution in [3.05, 3.63) is 0 Å². The van der Waals surface area contributed by atoms with E-state index in [1.54, 1.807) is 0 Å². The van der Waals surface area contributed by atoms with Crippen LogP contribution in [0.15, 0.2) is 0 Å². The van der Waals surface area contributed by atoms with Gasteiger partial charge in [0.05, 0.1) is 17.8 Å². The van der Waals surface area contributed by atoms with Crippen molar-refractivity contribution in [3.8, 4) is 0 Å². The average molecular weight is 320 g/mol. The normalized spacial score (nSPS) is 36.7. The number of ether oxygens (including phenoxy) is 1. The molecule has 20 heavy (non-hydrogen) atoms. The summed E-state index contributed by atoms with van der Waals surface area (Å²) in [5.41, 5.74) is 0. The van der Waals surface area contributed by atoms with Crippen molar-refractivity contribution < 1.29 is 17.9 Å². The van der Waals surface area contributed by atoms with E-state index in [9.17, 15) is 13.2 Å². The third kappa shape index (κ3) is 3.13. The van der Waals surface area contributed by atoms with Crippen LogP contribution in [-0.2, 0) is 19.6 Å². The number of nitrogens with zero attached hydrogens (tertiary/aromatic N) is 1. The van der Waals surface area contributed by atoms with E-state index in [2.05, 4.69) is 9.62 Å². The second-order valence-electron chi connectivity index (χ2n) is 5.62. The third-order valence-corrected chi connectivity index (χ3v) is 7.11. The summed E-state index contributed by atoms with van der Waals surface area (Å²) >= 11 is 1.90. The molecule has 6 nitrogen and oxygen atoms in total. The number of esters is 1. The number of hydrogen-bond donors (Lipinski definition) is 1. The van der Waals surface area contributed by atoms with Crippen LogP contribution in [0.4, 0.5) is 0 Å². The van der Waals surface area contributed by atoms with Crippen LogP contribution in [0.25, 0.3) is 0 Å². The zero-order chi connectivity index (χ0) is 14.2. The van der Waals surface area contributed by atoms with Crippen LogP contribution in [0.3, 0.4) is 0 Å². The molecule has 3 rings (SSSR count). The van der Waals surface area contributed by atoms with E-state index in [1.807, 2.05) is 11.8 Å². The number of hydrogen-bond acceptors (Lipinski definition) is 6. The van der Waals surface area contributed by atoms with Crippen molar-refractivity contribution in [2.24, 2.45) is 0 Å². The molecule has 0 radical (unpaired) electrons. The summed E-state index contributed by atoms with van der Waals surface area (Å²) in [6.45, 7) is 2.16. The molecule has 0 spiro atoms. The molecule has 3 unspecified atom stereocenters. The lowest BCUT2D eigenvalue weighted by molar-refractivity contribution is -0.152. The Balaban J connectivity index is 1.52. The van der Waals surface area contributed by atoms with Crippen LogP contribution in [0.5, 0.6) is 0 Å². The van der Waals surface area contributed by atoms with Crippen LogP contribution in [-0.4, -0.2) is 67.8 Å². The Bertz CT molecular complexity index is 476. The zero-order valence-electron chi connectivity index (χ0n) is 11.3. The van der Waals surface area contributed by atoms with Crippen molar-refractivity contribution >= 4 is 27.8 Å². The van der Waals surface area contributed by atoms with Gasteiger partial charge in [-0.15, -0.1) is 0 Å². The molecule has 1 saturated carbocycles. The molecular weight excluding hydrogens is 300 g/mol. The van der Waals surface area contributed by atoms with Gasteiger partial charge in [0, 0.05) is 24.6 Å². The Labute approximate surface area is 123 Å². The smallest absolute Gasteiger partial charge is 0.320 e. The first-order chi connectivity index (χ1) is 9.54. The first-order valence-electron chi connectivity index (χ1n) is 7.05. The van der Waals surface area contributed by atoms with Crippen molar-refractivity contribution in [2.45, 2.75) is 36.7 Å². The lowest BCUT2D eigenvalue weighted by Gasteiger charge is -2.29. The van der Waals surface area contributed by atoms with Gasteiger partial charge in [-0.05, 0) is 19.3 Å². The predicted octanol–water partition coefficient (Wildman–Crippen LogP) is -0.199. The lowest BCUT2D eigenvalue weighted by atomic mass is 9.93. The number of nitrogens with one attached hydrogen (secondary N) is 1. The Hall–Kier alpha value is -0.310. The van der Waals surface area contributed by atoms with Crippen LogP contribution in [0.2, 0.25) is 0 Å². The molecule has 2 saturated heterocycles. The molecule has 2 heterocycles. The second-order valence-corrected chi connectivity index (χ2v) is 8.84. The highest BCUT2D eigenvalue weighted by molar-refractivity contribution is 7.99. The highest BCUT2D eigenvalue weighted by atomic mass is 32.2. The summed E-state index contributed by atoms with van der Waals surface area (Å²) < 4.78 is 31.6. The Kier molecular flexibility index (Phi) is 4.26. The van der Waals surface area contributed by atoms with Gasteiger partial charge in [0.1, 0.15) is 6.10 Å². The summed E-state index contributed by atoms with van der Waals surface area (Å²) in [5, 5.41) is -0.290. The van der Waals surface area contributed by atoms with Gasteiger partial charge in [-0.1, -0.05) is 0 Å². The van der Waals surface area contributed by atoms with E-state index in [0.29, 0.717) is 25.8 Å². The fourth-order valence-electron chi connectivity index (χ4n) is 3.11. The average Bonchev–Trinajstić information content (AvgIpc) is 2.65. The molecule has 1 N–H and O–H groups in total. The van der Waals surface area contributed by atoms with Crippen LogP contribution >= 0.6 is 11.8 Å². The van der Waals surface area contributed by atoms with Crippen molar-refractivity contribution in [1.82, 2.24) is 9.62 Å². The Morgan fingerprint density at radius 3 is 2.80 bits per heavy atom. The fraction of sp³-hybridized carbons (Fsp3) is 0.917. The molecular formula is C12H20N2O4S2. The minimum atomic E-state index is -3.17. The topological polar surface area (TPSA) is 75.7 Å². The van der Waals surface area contributed by atoms with Gasteiger partial charge in [0.2, 0.25) is 10.0 Å². The van der Waals surface area contributed by atoms with Crippen LogP contribution in [0.1, 0.15) is 19.3 Å². The van der Waals surface area contributed by atoms with Crippen molar-refractivity contribution in [1.29, 1.82) is 0 Å². The van der Waals surface area contributed by atoms with E-state index in [4.69, 9.17) is 4.74 Å². The predicted molar refractivity (Wildman–Crippen MR) is 77.1 cm³/mol. The molecule has 0 aromatic heterocycles. The SMILES string of the molecule is O=C(CN1CCSCC1)OC1CCC2CC1NS2(=O)=O. The molecule has 0 aromatic carbocycles. The molecule has 3 aliphatic rings. The van der Waals surface area contributed by atoms with E-state index in [-0.39, 0.29) is 23.4 Å². The van der Waals surface area contributed by atoms with E-state index < -0.39 is 10.0 Å². The van der Waals surface area contributed by atoms with Gasteiger partial charge in [-0.3, -0.25) is 9.69 Å². The molecule has 2 aliphatic heterocycles. The summed E-state index contributed by atoms with van der Waals surface area (Å²) in [4.78, 5) is 14.1. The molecule has 3 atom stereocenters. The van der Waals surface area contributed by atoms with Gasteiger partial charge in [0.15, 0.2) is 0 Å². The minimum Gasteiger partial charge on any atom is -0.460 e. The second kappa shape index (κ2) is 5.82. The largest absolute Gasteiger partial charge is 0.460 e. The third-order valence-electron chi connectivity index (χ3n) is 4.23. The minimum absolute atomic E-state index is 0.223. The van der Waals surface area contributed by atoms with E-state index >= 15 is 0 Å². The van der Waals surface area contributed by atoms with E-state index in [1.165, 1.54) is 0 Å². The van der Waals surface area contributed by atoms with Gasteiger partial charge < -0.3 is 4.74 Å². The van der Waals surface area contributed by atoms with Crippen molar-refractivity contribution in [3.63, 3.8) is 0 Å². The molecule has 2 bridgehead atoms. The number of carbonyl (C=O) groups is 1. The summed E-state index contributed by atoms with van der Waals surface area (Å²) in [6, 6.07) is -0.223. The number of thioether (sulfide) groups is 1. The number of fused-ring (bicyclic) bond motifs is 2. The number of carbonyl (C=O) groups excluding carboxylic acids is 1. The molecule has 114 valence electrons. The standard InChI is InChI=1S/C12H20N2O4S2/c15-12(8-14-3-5-19-6-4-14)18-11-2-1-9-7-10(11)13-20(9,16)17/h9-11,13H,1-8H2. The molecule has 1 aliphatic carbocycles. The summed E-state index contributed by atoms with van der Waals surface area (Å²) in [5.74, 6) is 1.88. The quantitative estimate of drug-likeness (QED) is 0.726. The Morgan fingerprint density at radius 1 is 1.30 bits per heavy atom. The zero-order valence-corrected chi connectivity index (χ0v) is 12.9. The van der Waals surface area contributed by atoms with Crippen molar-refractivity contribution in [2.75, 3.05) is 31.1 Å². The number of rotatable bonds is 3. The van der Waals surface area contributed by atoms with Gasteiger partial charge >= 0.3 is 5.97 Å². The summed E-state index contributed by atoms with van der Waals surface area (Å²) in [7, 11) is -3.17. The molecule has 8 heteroatoms. The highest BCUT2D eigenvalue weighted by Gasteiger charge is 2.46. The summed E-state index contributed by atoms with van der Waals surface area (Å²) in [6.07, 6.45) is 1.50. The maximum absolute atomic E-state index is 12.0. The maximum atomic E-state index is 12.0. The first-order valence-corrected chi connectivity index (χ1v) is 9.75. The van der Waals surface area contributed by atoms with Crippen LogP contribution in [0, 0.1) is 0 Å².